The van der Waals surface area contributed by atoms with Gasteiger partial charge >= 0.3 is 0 Å². The zero-order valence-corrected chi connectivity index (χ0v) is 14.8. The van der Waals surface area contributed by atoms with Gasteiger partial charge in [-0.25, -0.2) is 0 Å². The van der Waals surface area contributed by atoms with Crippen LogP contribution in [0.25, 0.3) is 0 Å². The third-order valence-electron chi connectivity index (χ3n) is 4.01. The van der Waals surface area contributed by atoms with Gasteiger partial charge in [-0.3, -0.25) is 4.79 Å². The van der Waals surface area contributed by atoms with E-state index in [1.807, 2.05) is 0 Å². The van der Waals surface area contributed by atoms with Crippen molar-refractivity contribution in [3.05, 3.63) is 23.8 Å². The Labute approximate surface area is 145 Å². The largest absolute Gasteiger partial charge is 0.493 e. The lowest BCUT2D eigenvalue weighted by Crippen LogP contribution is -2.11. The molecule has 0 atom stereocenters. The fraction of sp³-hybridized carbons (Fsp3) is 0.632. The Morgan fingerprint density at radius 1 is 0.958 bits per heavy atom. The van der Waals surface area contributed by atoms with E-state index in [1.165, 1.54) is 32.1 Å². The molecule has 1 aromatic carbocycles. The molecule has 0 aliphatic heterocycles. The number of carbonyl (C=O) groups excluding carboxylic acids is 1. The Kier molecular flexibility index (Phi) is 10.7. The van der Waals surface area contributed by atoms with Crippen molar-refractivity contribution in [2.75, 3.05) is 20.3 Å². The minimum absolute atomic E-state index is 0.316. The topological polar surface area (TPSA) is 81.8 Å². The number of primary amides is 1. The van der Waals surface area contributed by atoms with Crippen molar-refractivity contribution in [2.24, 2.45) is 5.73 Å². The Morgan fingerprint density at radius 2 is 1.54 bits per heavy atom. The van der Waals surface area contributed by atoms with Crippen molar-refractivity contribution in [1.29, 1.82) is 0 Å². The molecule has 0 saturated carbocycles. The maximum atomic E-state index is 11.2. The van der Waals surface area contributed by atoms with E-state index >= 15 is 0 Å². The zero-order chi connectivity index (χ0) is 17.6. The summed E-state index contributed by atoms with van der Waals surface area (Å²) in [7, 11) is 1.55. The highest BCUT2D eigenvalue weighted by Crippen LogP contribution is 2.28. The third-order valence-corrected chi connectivity index (χ3v) is 4.01. The van der Waals surface area contributed by atoms with Crippen molar-refractivity contribution in [2.45, 2.75) is 57.8 Å². The molecule has 24 heavy (non-hydrogen) atoms. The van der Waals surface area contributed by atoms with Gasteiger partial charge in [0.1, 0.15) is 0 Å². The number of nitrogens with two attached hydrogens (primary N) is 1. The van der Waals surface area contributed by atoms with Crippen LogP contribution in [-0.2, 0) is 0 Å². The van der Waals surface area contributed by atoms with Crippen molar-refractivity contribution >= 4 is 5.91 Å². The smallest absolute Gasteiger partial charge is 0.248 e. The number of aliphatic hydroxyl groups excluding tert-OH is 1. The van der Waals surface area contributed by atoms with E-state index < -0.39 is 5.91 Å². The first-order valence-electron chi connectivity index (χ1n) is 8.90. The first-order chi connectivity index (χ1) is 11.7. The molecule has 5 nitrogen and oxygen atoms in total. The van der Waals surface area contributed by atoms with E-state index in [9.17, 15) is 4.79 Å². The standard InChI is InChI=1S/C19H31NO4/c1-23-18-15-16(19(20)22)11-12-17(18)24-14-10-8-6-4-2-3-5-7-9-13-21/h11-12,15,21H,2-10,13-14H2,1H3,(H2,20,22). The molecule has 0 fully saturated rings. The second-order valence-corrected chi connectivity index (χ2v) is 5.98. The van der Waals surface area contributed by atoms with Crippen LogP contribution in [0.5, 0.6) is 11.5 Å². The van der Waals surface area contributed by atoms with Crippen LogP contribution in [0.4, 0.5) is 0 Å². The quantitative estimate of drug-likeness (QED) is 0.507. The first-order valence-corrected chi connectivity index (χ1v) is 8.90. The van der Waals surface area contributed by atoms with E-state index in [0.717, 1.165) is 25.7 Å². The first kappa shape index (κ1) is 20.3. The fourth-order valence-corrected chi connectivity index (χ4v) is 2.57. The van der Waals surface area contributed by atoms with Crippen LogP contribution in [-0.4, -0.2) is 31.3 Å². The van der Waals surface area contributed by atoms with Gasteiger partial charge in [-0.15, -0.1) is 0 Å². The van der Waals surface area contributed by atoms with E-state index in [-0.39, 0.29) is 0 Å². The number of ether oxygens (including phenoxy) is 2. The van der Waals surface area contributed by atoms with Crippen LogP contribution >= 0.6 is 0 Å². The Hall–Kier alpha value is -1.75. The van der Waals surface area contributed by atoms with Crippen LogP contribution in [0.1, 0.15) is 68.1 Å². The van der Waals surface area contributed by atoms with E-state index in [2.05, 4.69) is 0 Å². The molecule has 0 saturated heterocycles. The number of aliphatic hydroxyl groups is 1. The zero-order valence-electron chi connectivity index (χ0n) is 14.8. The average molecular weight is 337 g/mol. The molecule has 0 bridgehead atoms. The molecule has 1 amide bonds. The fourth-order valence-electron chi connectivity index (χ4n) is 2.57. The lowest BCUT2D eigenvalue weighted by molar-refractivity contribution is 0.1000. The molecule has 0 spiro atoms. The highest BCUT2D eigenvalue weighted by Gasteiger charge is 2.08. The molecular formula is C19H31NO4. The molecule has 136 valence electrons. The Morgan fingerprint density at radius 3 is 2.08 bits per heavy atom. The van der Waals surface area contributed by atoms with Gasteiger partial charge in [-0.05, 0) is 31.0 Å². The van der Waals surface area contributed by atoms with Crippen LogP contribution < -0.4 is 15.2 Å². The second kappa shape index (κ2) is 12.6. The lowest BCUT2D eigenvalue weighted by atomic mass is 10.1. The average Bonchev–Trinajstić information content (AvgIpc) is 2.59. The minimum atomic E-state index is -0.476. The maximum absolute atomic E-state index is 11.2. The van der Waals surface area contributed by atoms with Gasteiger partial charge in [0.15, 0.2) is 11.5 Å². The summed E-state index contributed by atoms with van der Waals surface area (Å²) >= 11 is 0. The minimum Gasteiger partial charge on any atom is -0.493 e. The van der Waals surface area contributed by atoms with Gasteiger partial charge in [0, 0.05) is 12.2 Å². The van der Waals surface area contributed by atoms with Gasteiger partial charge < -0.3 is 20.3 Å². The maximum Gasteiger partial charge on any atom is 0.248 e. The number of methoxy groups -OCH3 is 1. The molecule has 0 radical (unpaired) electrons. The monoisotopic (exact) mass is 337 g/mol. The van der Waals surface area contributed by atoms with Gasteiger partial charge in [0.2, 0.25) is 5.91 Å². The number of benzene rings is 1. The molecule has 1 aromatic rings. The highest BCUT2D eigenvalue weighted by atomic mass is 16.5. The number of unbranched alkanes of at least 4 members (excludes halogenated alkanes) is 8. The molecule has 0 aromatic heterocycles. The summed E-state index contributed by atoms with van der Waals surface area (Å²) in [5, 5.41) is 8.70. The molecule has 0 aliphatic rings. The van der Waals surface area contributed by atoms with Crippen molar-refractivity contribution in [3.63, 3.8) is 0 Å². The van der Waals surface area contributed by atoms with Crippen LogP contribution in [0.2, 0.25) is 0 Å². The second-order valence-electron chi connectivity index (χ2n) is 5.98. The van der Waals surface area contributed by atoms with Gasteiger partial charge in [0.25, 0.3) is 0 Å². The van der Waals surface area contributed by atoms with E-state index in [1.54, 1.807) is 25.3 Å². The van der Waals surface area contributed by atoms with E-state index in [0.29, 0.717) is 30.3 Å². The van der Waals surface area contributed by atoms with Crippen molar-refractivity contribution in [3.8, 4) is 11.5 Å². The summed E-state index contributed by atoms with van der Waals surface area (Å²) in [6.45, 7) is 0.957. The summed E-state index contributed by atoms with van der Waals surface area (Å²) in [4.78, 5) is 11.2. The summed E-state index contributed by atoms with van der Waals surface area (Å²) in [6, 6.07) is 4.98. The Bertz CT molecular complexity index is 476. The highest BCUT2D eigenvalue weighted by molar-refractivity contribution is 5.93. The molecular weight excluding hydrogens is 306 g/mol. The molecule has 0 unspecified atom stereocenters. The van der Waals surface area contributed by atoms with Gasteiger partial charge in [-0.1, -0.05) is 44.9 Å². The van der Waals surface area contributed by atoms with Crippen LogP contribution in [0.3, 0.4) is 0 Å². The number of amides is 1. The molecule has 1 rings (SSSR count). The van der Waals surface area contributed by atoms with Crippen molar-refractivity contribution < 1.29 is 19.4 Å². The molecule has 0 heterocycles. The number of rotatable bonds is 14. The summed E-state index contributed by atoms with van der Waals surface area (Å²) in [6.07, 6.45) is 10.5. The van der Waals surface area contributed by atoms with Gasteiger partial charge in [-0.2, -0.15) is 0 Å². The van der Waals surface area contributed by atoms with Crippen LogP contribution in [0, 0.1) is 0 Å². The van der Waals surface area contributed by atoms with E-state index in [4.69, 9.17) is 20.3 Å². The van der Waals surface area contributed by atoms with Crippen molar-refractivity contribution in [1.82, 2.24) is 0 Å². The number of hydrogen-bond donors (Lipinski definition) is 2. The predicted molar refractivity (Wildman–Crippen MR) is 95.6 cm³/mol. The lowest BCUT2D eigenvalue weighted by Gasteiger charge is -2.11. The summed E-state index contributed by atoms with van der Waals surface area (Å²) < 4.78 is 11.0. The predicted octanol–water partition coefficient (Wildman–Crippen LogP) is 3.68. The summed E-state index contributed by atoms with van der Waals surface area (Å²) in [5.41, 5.74) is 5.67. The molecule has 5 heteroatoms. The normalized spacial score (nSPS) is 10.6. The summed E-state index contributed by atoms with van der Waals surface area (Å²) in [5.74, 6) is 0.705. The number of carbonyl (C=O) groups is 1. The van der Waals surface area contributed by atoms with Crippen LogP contribution in [0.15, 0.2) is 18.2 Å². The number of hydrogen-bond acceptors (Lipinski definition) is 4. The molecule has 0 aliphatic carbocycles. The van der Waals surface area contributed by atoms with Gasteiger partial charge in [0.05, 0.1) is 13.7 Å². The molecule has 3 N–H and O–H groups in total. The Balaban J connectivity index is 2.12. The SMILES string of the molecule is COc1cc(C(N)=O)ccc1OCCCCCCCCCCCO. The third kappa shape index (κ3) is 8.20.